The number of aliphatic hydroxyl groups is 1. The number of aliphatic hydroxyl groups excluding tert-OH is 1. The van der Waals surface area contributed by atoms with E-state index in [0.717, 1.165) is 5.56 Å². The van der Waals surface area contributed by atoms with Gasteiger partial charge in [-0.1, -0.05) is 42.5 Å². The third-order valence-corrected chi connectivity index (χ3v) is 3.16. The van der Waals surface area contributed by atoms with Crippen LogP contribution < -0.4 is 5.32 Å². The number of nitrogens with one attached hydrogen (secondary N) is 1. The fourth-order valence-electron chi connectivity index (χ4n) is 2.04. The molecule has 2 aromatic carbocycles. The number of benzene rings is 2. The van der Waals surface area contributed by atoms with Gasteiger partial charge in [-0.25, -0.2) is 4.79 Å². The topological polar surface area (TPSA) is 58.6 Å². The molecule has 2 N–H and O–H groups in total. The summed E-state index contributed by atoms with van der Waals surface area (Å²) < 4.78 is 42.0. The molecule has 2 aromatic rings. The molecule has 4 nitrogen and oxygen atoms in total. The van der Waals surface area contributed by atoms with Crippen molar-refractivity contribution in [3.63, 3.8) is 0 Å². The number of amides is 1. The van der Waals surface area contributed by atoms with Crippen LogP contribution in [-0.2, 0) is 11.3 Å². The van der Waals surface area contributed by atoms with Gasteiger partial charge in [0, 0.05) is 5.69 Å². The summed E-state index contributed by atoms with van der Waals surface area (Å²) in [5, 5.41) is 12.0. The van der Waals surface area contributed by atoms with Crippen molar-refractivity contribution in [3.8, 4) is 0 Å². The number of alkyl halides is 3. The minimum atomic E-state index is -4.47. The van der Waals surface area contributed by atoms with E-state index in [1.165, 1.54) is 24.3 Å². The largest absolute Gasteiger partial charge is 0.444 e. The lowest BCUT2D eigenvalue weighted by Crippen LogP contribution is -2.15. The zero-order valence-corrected chi connectivity index (χ0v) is 12.6. The van der Waals surface area contributed by atoms with E-state index in [4.69, 9.17) is 4.74 Å². The number of hydrogen-bond acceptors (Lipinski definition) is 3. The molecule has 7 heteroatoms. The number of hydrogen-bond donors (Lipinski definition) is 2. The van der Waals surface area contributed by atoms with Crippen molar-refractivity contribution in [3.05, 3.63) is 65.7 Å². The first-order chi connectivity index (χ1) is 11.3. The van der Waals surface area contributed by atoms with E-state index < -0.39 is 24.8 Å². The van der Waals surface area contributed by atoms with Crippen molar-refractivity contribution in [1.82, 2.24) is 0 Å². The standard InChI is InChI=1S/C17H16F3NO3/c18-17(19,20)10-15(22)13-7-4-8-14(9-13)21-16(23)24-11-12-5-2-1-3-6-12/h1-9,15,22H,10-11H2,(H,21,23). The molecule has 1 unspecified atom stereocenters. The molecule has 128 valence electrons. The van der Waals surface area contributed by atoms with Gasteiger partial charge in [0.2, 0.25) is 0 Å². The highest BCUT2D eigenvalue weighted by atomic mass is 19.4. The van der Waals surface area contributed by atoms with Crippen LogP contribution in [0.5, 0.6) is 0 Å². The second-order valence-electron chi connectivity index (χ2n) is 5.15. The zero-order chi connectivity index (χ0) is 17.6. The van der Waals surface area contributed by atoms with Crippen molar-refractivity contribution in [2.75, 3.05) is 5.32 Å². The number of ether oxygens (including phenoxy) is 1. The molecule has 0 spiro atoms. The summed E-state index contributed by atoms with van der Waals surface area (Å²) in [4.78, 5) is 11.7. The molecule has 24 heavy (non-hydrogen) atoms. The van der Waals surface area contributed by atoms with E-state index in [-0.39, 0.29) is 17.9 Å². The SMILES string of the molecule is O=C(Nc1cccc(C(O)CC(F)(F)F)c1)OCc1ccccc1. The predicted molar refractivity (Wildman–Crippen MR) is 82.3 cm³/mol. The number of anilines is 1. The summed E-state index contributed by atoms with van der Waals surface area (Å²) in [5.74, 6) is 0. The van der Waals surface area contributed by atoms with Crippen LogP contribution in [0.2, 0.25) is 0 Å². The zero-order valence-electron chi connectivity index (χ0n) is 12.6. The fourth-order valence-corrected chi connectivity index (χ4v) is 2.04. The Morgan fingerprint density at radius 3 is 2.50 bits per heavy atom. The second-order valence-corrected chi connectivity index (χ2v) is 5.15. The predicted octanol–water partition coefficient (Wildman–Crippen LogP) is 4.42. The molecule has 0 aliphatic heterocycles. The van der Waals surface area contributed by atoms with E-state index >= 15 is 0 Å². The summed E-state index contributed by atoms with van der Waals surface area (Å²) in [6, 6.07) is 14.6. The molecule has 2 rings (SSSR count). The Hall–Kier alpha value is -2.54. The average molecular weight is 339 g/mol. The molecular formula is C17H16F3NO3. The fraction of sp³-hybridized carbons (Fsp3) is 0.235. The van der Waals surface area contributed by atoms with Crippen LogP contribution in [0, 0.1) is 0 Å². The Bertz CT molecular complexity index is 674. The second kappa shape index (κ2) is 7.83. The minimum absolute atomic E-state index is 0.0631. The first-order valence-electron chi connectivity index (χ1n) is 7.16. The van der Waals surface area contributed by atoms with Crippen LogP contribution >= 0.6 is 0 Å². The average Bonchev–Trinajstić information content (AvgIpc) is 2.52. The van der Waals surface area contributed by atoms with Gasteiger partial charge in [0.05, 0.1) is 12.5 Å². The van der Waals surface area contributed by atoms with Crippen LogP contribution in [-0.4, -0.2) is 17.4 Å². The molecule has 0 radical (unpaired) electrons. The molecule has 0 aliphatic carbocycles. The summed E-state index contributed by atoms with van der Waals surface area (Å²) in [7, 11) is 0. The van der Waals surface area contributed by atoms with Crippen LogP contribution in [0.4, 0.5) is 23.7 Å². The van der Waals surface area contributed by atoms with Crippen molar-refractivity contribution in [2.24, 2.45) is 0 Å². The molecule has 0 saturated heterocycles. The number of carbonyl (C=O) groups excluding carboxylic acids is 1. The first kappa shape index (κ1) is 17.8. The van der Waals surface area contributed by atoms with Gasteiger partial charge in [0.25, 0.3) is 0 Å². The number of halogens is 3. The highest BCUT2D eigenvalue weighted by molar-refractivity contribution is 5.84. The summed E-state index contributed by atoms with van der Waals surface area (Å²) in [5.41, 5.74) is 1.11. The first-order valence-corrected chi connectivity index (χ1v) is 7.16. The number of rotatable bonds is 5. The molecule has 1 amide bonds. The van der Waals surface area contributed by atoms with Gasteiger partial charge in [-0.2, -0.15) is 13.2 Å². The Kier molecular flexibility index (Phi) is 5.81. The molecule has 0 bridgehead atoms. The lowest BCUT2D eigenvalue weighted by molar-refractivity contribution is -0.154. The molecule has 0 aromatic heterocycles. The summed E-state index contributed by atoms with van der Waals surface area (Å²) >= 11 is 0. The van der Waals surface area contributed by atoms with E-state index in [1.807, 2.05) is 18.2 Å². The van der Waals surface area contributed by atoms with Crippen LogP contribution in [0.1, 0.15) is 23.7 Å². The van der Waals surface area contributed by atoms with Crippen LogP contribution in [0.25, 0.3) is 0 Å². The summed E-state index contributed by atoms with van der Waals surface area (Å²) in [6.45, 7) is 0.0725. The monoisotopic (exact) mass is 339 g/mol. The van der Waals surface area contributed by atoms with Gasteiger partial charge in [-0.05, 0) is 23.3 Å². The van der Waals surface area contributed by atoms with E-state index in [0.29, 0.717) is 0 Å². The maximum absolute atomic E-state index is 12.3. The van der Waals surface area contributed by atoms with Gasteiger partial charge in [-0.3, -0.25) is 5.32 Å². The van der Waals surface area contributed by atoms with Gasteiger partial charge >= 0.3 is 12.3 Å². The Morgan fingerprint density at radius 2 is 1.83 bits per heavy atom. The Labute approximate surface area is 136 Å². The molecule has 0 fully saturated rings. The molecular weight excluding hydrogens is 323 g/mol. The Balaban J connectivity index is 1.92. The quantitative estimate of drug-likeness (QED) is 0.848. The van der Waals surface area contributed by atoms with E-state index in [9.17, 15) is 23.1 Å². The highest BCUT2D eigenvalue weighted by Crippen LogP contribution is 2.30. The van der Waals surface area contributed by atoms with Gasteiger partial charge in [-0.15, -0.1) is 0 Å². The van der Waals surface area contributed by atoms with Gasteiger partial charge in [0.15, 0.2) is 0 Å². The lowest BCUT2D eigenvalue weighted by Gasteiger charge is -2.14. The third-order valence-electron chi connectivity index (χ3n) is 3.16. The Morgan fingerprint density at radius 1 is 1.12 bits per heavy atom. The minimum Gasteiger partial charge on any atom is -0.444 e. The lowest BCUT2D eigenvalue weighted by atomic mass is 10.1. The van der Waals surface area contributed by atoms with Crippen molar-refractivity contribution < 1.29 is 27.8 Å². The van der Waals surface area contributed by atoms with Crippen molar-refractivity contribution >= 4 is 11.8 Å². The van der Waals surface area contributed by atoms with Crippen LogP contribution in [0.15, 0.2) is 54.6 Å². The normalized spacial score (nSPS) is 12.5. The van der Waals surface area contributed by atoms with E-state index in [2.05, 4.69) is 5.32 Å². The van der Waals surface area contributed by atoms with Gasteiger partial charge < -0.3 is 9.84 Å². The maximum Gasteiger partial charge on any atom is 0.411 e. The van der Waals surface area contributed by atoms with E-state index in [1.54, 1.807) is 12.1 Å². The summed E-state index contributed by atoms with van der Waals surface area (Å²) in [6.07, 6.45) is -8.25. The van der Waals surface area contributed by atoms with Crippen LogP contribution in [0.3, 0.4) is 0 Å². The van der Waals surface area contributed by atoms with Crippen molar-refractivity contribution in [1.29, 1.82) is 0 Å². The van der Waals surface area contributed by atoms with Crippen molar-refractivity contribution in [2.45, 2.75) is 25.3 Å². The highest BCUT2D eigenvalue weighted by Gasteiger charge is 2.31. The molecule has 0 heterocycles. The number of carbonyl (C=O) groups is 1. The third kappa shape index (κ3) is 5.92. The van der Waals surface area contributed by atoms with Gasteiger partial charge in [0.1, 0.15) is 6.61 Å². The molecule has 0 saturated carbocycles. The smallest absolute Gasteiger partial charge is 0.411 e. The maximum atomic E-state index is 12.3. The molecule has 0 aliphatic rings. The molecule has 1 atom stereocenters.